The van der Waals surface area contributed by atoms with Crippen molar-refractivity contribution in [2.45, 2.75) is 35.8 Å². The maximum Gasteiger partial charge on any atom is 0.460 e. The summed E-state index contributed by atoms with van der Waals surface area (Å²) in [4.78, 5) is 0. The quantitative estimate of drug-likeness (QED) is 0.294. The number of phenolic OH excluding ortho intramolecular Hbond substituents is 1. The molecule has 188 valence electrons. The van der Waals surface area contributed by atoms with Gasteiger partial charge in [0.2, 0.25) is 0 Å². The summed E-state index contributed by atoms with van der Waals surface area (Å²) in [6.45, 7) is 0. The Bertz CT molecular complexity index is 1030. The van der Waals surface area contributed by atoms with Gasteiger partial charge in [-0.05, 0) is 36.4 Å². The van der Waals surface area contributed by atoms with E-state index in [0.29, 0.717) is 12.1 Å². The van der Waals surface area contributed by atoms with Gasteiger partial charge in [0.25, 0.3) is 0 Å². The molecule has 0 amide bonds. The first-order valence-electron chi connectivity index (χ1n) is 8.47. The molecule has 0 unspecified atom stereocenters. The average molecular weight is 516 g/mol. The van der Waals surface area contributed by atoms with Crippen molar-refractivity contribution >= 4 is 11.4 Å². The van der Waals surface area contributed by atoms with Crippen LogP contribution < -0.4 is 0 Å². The molecule has 0 spiro atoms. The van der Waals surface area contributed by atoms with Gasteiger partial charge in [0, 0.05) is 5.56 Å². The Morgan fingerprint density at radius 2 is 0.824 bits per heavy atom. The van der Waals surface area contributed by atoms with Crippen LogP contribution in [-0.2, 0) is 5.92 Å². The third-order valence-corrected chi connectivity index (χ3v) is 4.29. The molecule has 0 saturated heterocycles. The predicted molar refractivity (Wildman–Crippen MR) is 88.5 cm³/mol. The molecule has 2 aromatic rings. The van der Waals surface area contributed by atoms with Gasteiger partial charge in [-0.25, -0.2) is 0 Å². The number of azo groups is 1. The summed E-state index contributed by atoms with van der Waals surface area (Å²) in [6, 6.07) is 5.75. The van der Waals surface area contributed by atoms with Crippen molar-refractivity contribution in [1.82, 2.24) is 0 Å². The third-order valence-electron chi connectivity index (χ3n) is 4.29. The monoisotopic (exact) mass is 516 g/mol. The molecule has 0 radical (unpaired) electrons. The maximum atomic E-state index is 14.1. The third kappa shape index (κ3) is 4.24. The van der Waals surface area contributed by atoms with Crippen LogP contribution in [0.4, 0.5) is 68.5 Å². The molecule has 0 aliphatic heterocycles. The Balaban J connectivity index is 2.40. The second-order valence-corrected chi connectivity index (χ2v) is 6.63. The lowest BCUT2D eigenvalue weighted by molar-refractivity contribution is -0.441. The number of alkyl halides is 13. The van der Waals surface area contributed by atoms with Crippen LogP contribution in [-0.4, -0.2) is 35.0 Å². The first-order chi connectivity index (χ1) is 15.2. The molecule has 0 aromatic heterocycles. The van der Waals surface area contributed by atoms with Crippen molar-refractivity contribution in [2.24, 2.45) is 10.2 Å². The van der Waals surface area contributed by atoms with Crippen molar-refractivity contribution in [2.75, 3.05) is 0 Å². The zero-order valence-corrected chi connectivity index (χ0v) is 15.9. The topological polar surface area (TPSA) is 45.0 Å². The van der Waals surface area contributed by atoms with Gasteiger partial charge in [0.05, 0.1) is 11.4 Å². The Hall–Kier alpha value is -3.07. The van der Waals surface area contributed by atoms with Crippen molar-refractivity contribution in [3.63, 3.8) is 0 Å². The van der Waals surface area contributed by atoms with Crippen LogP contribution in [0, 0.1) is 0 Å². The summed E-state index contributed by atoms with van der Waals surface area (Å²) in [5, 5.41) is 16.1. The molecule has 0 saturated carbocycles. The number of rotatable bonds is 7. The van der Waals surface area contributed by atoms with E-state index < -0.39 is 41.4 Å². The molecule has 0 aliphatic rings. The molecule has 34 heavy (non-hydrogen) atoms. The molecule has 1 N–H and O–H groups in total. The summed E-state index contributed by atoms with van der Waals surface area (Å²) in [6.07, 6.45) is -7.46. The average Bonchev–Trinajstić information content (AvgIpc) is 2.72. The minimum Gasteiger partial charge on any atom is -0.508 e. The van der Waals surface area contributed by atoms with Crippen molar-refractivity contribution in [3.8, 4) is 5.75 Å². The number of halogens is 13. The van der Waals surface area contributed by atoms with E-state index >= 15 is 0 Å². The van der Waals surface area contributed by atoms with Crippen molar-refractivity contribution in [1.29, 1.82) is 0 Å². The number of hydrogen-bond donors (Lipinski definition) is 1. The Morgan fingerprint density at radius 3 is 1.21 bits per heavy atom. The summed E-state index contributed by atoms with van der Waals surface area (Å²) in [5.41, 5.74) is -2.38. The molecule has 16 heteroatoms. The molecule has 0 bridgehead atoms. The Morgan fingerprint density at radius 1 is 0.471 bits per heavy atom. The first kappa shape index (κ1) is 27.2. The molecule has 3 nitrogen and oxygen atoms in total. The Kier molecular flexibility index (Phi) is 6.64. The van der Waals surface area contributed by atoms with E-state index in [2.05, 4.69) is 10.2 Å². The van der Waals surface area contributed by atoms with Crippen LogP contribution in [0.1, 0.15) is 5.56 Å². The summed E-state index contributed by atoms with van der Waals surface area (Å²) < 4.78 is 172. The smallest absolute Gasteiger partial charge is 0.460 e. The highest BCUT2D eigenvalue weighted by Crippen LogP contribution is 2.62. The van der Waals surface area contributed by atoms with Crippen molar-refractivity contribution < 1.29 is 62.2 Å². The zero-order valence-electron chi connectivity index (χ0n) is 15.9. The molecular formula is C18H9F13N2O. The fourth-order valence-electron chi connectivity index (χ4n) is 2.32. The number of aromatic hydroxyl groups is 1. The van der Waals surface area contributed by atoms with Gasteiger partial charge in [-0.1, -0.05) is 12.1 Å². The molecule has 0 aliphatic carbocycles. The highest BCUT2D eigenvalue weighted by atomic mass is 19.4. The summed E-state index contributed by atoms with van der Waals surface area (Å²) >= 11 is 0. The predicted octanol–water partition coefficient (Wildman–Crippen LogP) is 8.00. The number of benzene rings is 2. The van der Waals surface area contributed by atoms with Crippen LogP contribution >= 0.6 is 0 Å². The van der Waals surface area contributed by atoms with Crippen LogP contribution in [0.5, 0.6) is 5.75 Å². The number of hydrogen-bond acceptors (Lipinski definition) is 3. The van der Waals surface area contributed by atoms with E-state index in [0.717, 1.165) is 0 Å². The molecular weight excluding hydrogens is 507 g/mol. The van der Waals surface area contributed by atoms with E-state index in [1.165, 1.54) is 24.3 Å². The fourth-order valence-corrected chi connectivity index (χ4v) is 2.32. The van der Waals surface area contributed by atoms with Crippen LogP contribution in [0.15, 0.2) is 58.8 Å². The van der Waals surface area contributed by atoms with Gasteiger partial charge >= 0.3 is 35.8 Å². The lowest BCUT2D eigenvalue weighted by Gasteiger charge is -2.39. The lowest BCUT2D eigenvalue weighted by Crippen LogP contribution is -2.69. The summed E-state index contributed by atoms with van der Waals surface area (Å²) in [7, 11) is 0. The molecule has 0 heterocycles. The zero-order chi connectivity index (χ0) is 26.4. The van der Waals surface area contributed by atoms with Crippen LogP contribution in [0.3, 0.4) is 0 Å². The highest BCUT2D eigenvalue weighted by Gasteiger charge is 2.90. The van der Waals surface area contributed by atoms with Gasteiger partial charge in [0.15, 0.2) is 0 Å². The molecule has 0 fully saturated rings. The molecule has 2 aromatic carbocycles. The van der Waals surface area contributed by atoms with Gasteiger partial charge in [-0.15, -0.1) is 0 Å². The number of phenols is 1. The minimum atomic E-state index is -7.95. The molecule has 0 atom stereocenters. The maximum absolute atomic E-state index is 14.1. The van der Waals surface area contributed by atoms with Gasteiger partial charge < -0.3 is 5.11 Å². The largest absolute Gasteiger partial charge is 0.508 e. The van der Waals surface area contributed by atoms with E-state index in [1.54, 1.807) is 0 Å². The van der Waals surface area contributed by atoms with E-state index in [9.17, 15) is 57.1 Å². The van der Waals surface area contributed by atoms with Gasteiger partial charge in [-0.2, -0.15) is 67.3 Å². The standard InChI is InChI=1S/C18H9F13N2O/c19-13(20,14(21,22)15(23,24)16(25,26)17(27,28)18(29,30)31)9-1-3-10(4-2-9)32-33-11-5-7-12(34)8-6-11/h1-8,34H. The minimum absolute atomic E-state index is 0.0186. The first-order valence-corrected chi connectivity index (χ1v) is 8.47. The second kappa shape index (κ2) is 8.30. The van der Waals surface area contributed by atoms with Crippen LogP contribution in [0.2, 0.25) is 0 Å². The Labute approximate surface area is 180 Å². The van der Waals surface area contributed by atoms with E-state index in [-0.39, 0.29) is 29.3 Å². The molecule has 2 rings (SSSR count). The van der Waals surface area contributed by atoms with Crippen molar-refractivity contribution in [3.05, 3.63) is 54.1 Å². The van der Waals surface area contributed by atoms with Gasteiger partial charge in [-0.3, -0.25) is 0 Å². The fraction of sp³-hybridized carbons (Fsp3) is 0.333. The van der Waals surface area contributed by atoms with E-state index in [1.807, 2.05) is 0 Å². The lowest BCUT2D eigenvalue weighted by atomic mass is 9.90. The highest BCUT2D eigenvalue weighted by molar-refractivity contribution is 5.43. The normalized spacial score (nSPS) is 14.6. The van der Waals surface area contributed by atoms with E-state index in [4.69, 9.17) is 5.11 Å². The summed E-state index contributed by atoms with van der Waals surface area (Å²) in [5.74, 6) is -37.5. The second-order valence-electron chi connectivity index (χ2n) is 6.63. The SMILES string of the molecule is Oc1ccc(N=Nc2ccc(C(F)(F)C(F)(F)C(F)(F)C(F)(F)C(F)(F)C(F)(F)F)cc2)cc1. The van der Waals surface area contributed by atoms with Gasteiger partial charge in [0.1, 0.15) is 5.75 Å². The van der Waals surface area contributed by atoms with Crippen LogP contribution in [0.25, 0.3) is 0 Å². The number of nitrogens with zero attached hydrogens (tertiary/aromatic N) is 2.